The number of ether oxygens (including phenoxy) is 1. The van der Waals surface area contributed by atoms with Crippen molar-refractivity contribution in [3.8, 4) is 5.75 Å². The molecule has 1 rings (SSSR count). The largest absolute Gasteiger partial charge is 0.489 e. The van der Waals surface area contributed by atoms with Crippen molar-refractivity contribution in [3.63, 3.8) is 0 Å². The van der Waals surface area contributed by atoms with Gasteiger partial charge in [0.05, 0.1) is 12.0 Å². The number of hydrogen-bond donors (Lipinski definition) is 0. The van der Waals surface area contributed by atoms with E-state index < -0.39 is 9.84 Å². The molecule has 0 radical (unpaired) electrons. The molecular weight excluding hydrogens is 204 g/mol. The fourth-order valence-corrected chi connectivity index (χ4v) is 1.61. The van der Waals surface area contributed by atoms with Gasteiger partial charge >= 0.3 is 5.69 Å². The Bertz CT molecular complexity index is 488. The van der Waals surface area contributed by atoms with E-state index in [0.29, 0.717) is 0 Å². The molecule has 0 heterocycles. The average Bonchev–Trinajstić information content (AvgIpc) is 2.15. The fraction of sp³-hybridized carbons (Fsp3) is 0.250. The zero-order chi connectivity index (χ0) is 10.8. The second kappa shape index (κ2) is 3.64. The van der Waals surface area contributed by atoms with Crippen LogP contribution in [0, 0.1) is 5.39 Å². The second-order valence-electron chi connectivity index (χ2n) is 2.71. The van der Waals surface area contributed by atoms with Gasteiger partial charge in [-0.2, -0.15) is 0 Å². The third kappa shape index (κ3) is 2.00. The molecular formula is C8H9N2O3S+. The average molecular weight is 213 g/mol. The second-order valence-corrected chi connectivity index (χ2v) is 4.72. The van der Waals surface area contributed by atoms with Crippen molar-refractivity contribution >= 4 is 15.5 Å². The van der Waals surface area contributed by atoms with Crippen LogP contribution in [-0.4, -0.2) is 21.8 Å². The summed E-state index contributed by atoms with van der Waals surface area (Å²) in [5, 5.41) is 8.54. The SMILES string of the molecule is COc1cc(S(C)(=O)=O)ccc1[N+]#N. The van der Waals surface area contributed by atoms with Gasteiger partial charge in [0.25, 0.3) is 0 Å². The Hall–Kier alpha value is -1.61. The van der Waals surface area contributed by atoms with Gasteiger partial charge in [-0.3, -0.25) is 0 Å². The van der Waals surface area contributed by atoms with E-state index in [1.54, 1.807) is 0 Å². The van der Waals surface area contributed by atoms with Crippen LogP contribution in [0.15, 0.2) is 23.1 Å². The summed E-state index contributed by atoms with van der Waals surface area (Å²) >= 11 is 0. The summed E-state index contributed by atoms with van der Waals surface area (Å²) in [6.07, 6.45) is 1.09. The van der Waals surface area contributed by atoms with E-state index in [4.69, 9.17) is 10.1 Å². The maximum Gasteiger partial charge on any atom is 0.426 e. The Morgan fingerprint density at radius 2 is 2.07 bits per heavy atom. The van der Waals surface area contributed by atoms with E-state index >= 15 is 0 Å². The quantitative estimate of drug-likeness (QED) is 0.699. The molecule has 0 aliphatic carbocycles. The lowest BCUT2D eigenvalue weighted by molar-refractivity contribution is 0.416. The number of nitrogens with zero attached hydrogens (tertiary/aromatic N) is 2. The van der Waals surface area contributed by atoms with Crippen LogP contribution in [0.3, 0.4) is 0 Å². The third-order valence-electron chi connectivity index (χ3n) is 1.69. The number of hydrogen-bond acceptors (Lipinski definition) is 4. The van der Waals surface area contributed by atoms with Crippen LogP contribution in [0.4, 0.5) is 5.69 Å². The summed E-state index contributed by atoms with van der Waals surface area (Å²) in [5.74, 6) is 0.218. The molecule has 0 saturated carbocycles. The molecule has 1 aromatic carbocycles. The Morgan fingerprint density at radius 1 is 1.43 bits per heavy atom. The van der Waals surface area contributed by atoms with Crippen LogP contribution in [0.25, 0.3) is 4.98 Å². The van der Waals surface area contributed by atoms with Crippen molar-refractivity contribution < 1.29 is 13.2 Å². The fourth-order valence-electron chi connectivity index (χ4n) is 0.971. The first-order valence-corrected chi connectivity index (χ1v) is 5.61. The van der Waals surface area contributed by atoms with Gasteiger partial charge in [-0.25, -0.2) is 8.42 Å². The van der Waals surface area contributed by atoms with Gasteiger partial charge < -0.3 is 4.74 Å². The zero-order valence-corrected chi connectivity index (χ0v) is 8.58. The van der Waals surface area contributed by atoms with Crippen LogP contribution in [0.1, 0.15) is 0 Å². The Morgan fingerprint density at radius 3 is 2.50 bits per heavy atom. The summed E-state index contributed by atoms with van der Waals surface area (Å²) in [6, 6.07) is 4.03. The lowest BCUT2D eigenvalue weighted by Crippen LogP contribution is -1.97. The molecule has 1 aromatic rings. The number of diazo groups is 1. The van der Waals surface area contributed by atoms with Crippen molar-refractivity contribution in [2.24, 2.45) is 0 Å². The van der Waals surface area contributed by atoms with Gasteiger partial charge in [0.1, 0.15) is 0 Å². The van der Waals surface area contributed by atoms with Gasteiger partial charge in [0, 0.05) is 18.4 Å². The van der Waals surface area contributed by atoms with E-state index in [0.717, 1.165) is 6.26 Å². The normalized spacial score (nSPS) is 10.6. The van der Waals surface area contributed by atoms with Gasteiger partial charge in [-0.15, -0.1) is 0 Å². The van der Waals surface area contributed by atoms with E-state index in [1.165, 1.54) is 25.3 Å². The van der Waals surface area contributed by atoms with Crippen molar-refractivity contribution in [1.29, 1.82) is 5.39 Å². The summed E-state index contributed by atoms with van der Waals surface area (Å²) < 4.78 is 27.2. The zero-order valence-electron chi connectivity index (χ0n) is 7.76. The van der Waals surface area contributed by atoms with Crippen LogP contribution < -0.4 is 4.74 Å². The molecule has 5 nitrogen and oxygen atoms in total. The highest BCUT2D eigenvalue weighted by molar-refractivity contribution is 7.90. The van der Waals surface area contributed by atoms with Crippen molar-refractivity contribution in [2.75, 3.05) is 13.4 Å². The molecule has 0 N–H and O–H groups in total. The van der Waals surface area contributed by atoms with Crippen molar-refractivity contribution in [1.82, 2.24) is 0 Å². The Labute approximate surface area is 81.9 Å². The lowest BCUT2D eigenvalue weighted by Gasteiger charge is -1.99. The monoisotopic (exact) mass is 213 g/mol. The first kappa shape index (κ1) is 10.5. The molecule has 0 saturated heterocycles. The molecule has 14 heavy (non-hydrogen) atoms. The summed E-state index contributed by atoms with van der Waals surface area (Å²) in [5.41, 5.74) is 0.194. The highest BCUT2D eigenvalue weighted by atomic mass is 32.2. The summed E-state index contributed by atoms with van der Waals surface area (Å²) in [6.45, 7) is 0. The molecule has 0 bridgehead atoms. The molecule has 0 unspecified atom stereocenters. The maximum absolute atomic E-state index is 11.2. The molecule has 6 heteroatoms. The highest BCUT2D eigenvalue weighted by Crippen LogP contribution is 2.29. The summed E-state index contributed by atoms with van der Waals surface area (Å²) in [7, 11) is -1.89. The van der Waals surface area contributed by atoms with Crippen molar-refractivity contribution in [3.05, 3.63) is 23.2 Å². The Kier molecular flexibility index (Phi) is 2.72. The maximum atomic E-state index is 11.2. The smallest absolute Gasteiger partial charge is 0.426 e. The standard InChI is InChI=1S/C8H9N2O3S/c1-13-8-5-6(14(2,11)12)3-4-7(8)10-9/h3-5H,1-2H3/q+1. The Balaban J connectivity index is 3.37. The predicted molar refractivity (Wildman–Crippen MR) is 50.8 cm³/mol. The van der Waals surface area contributed by atoms with E-state index in [1.807, 2.05) is 0 Å². The molecule has 0 atom stereocenters. The molecule has 0 aromatic heterocycles. The van der Waals surface area contributed by atoms with Gasteiger partial charge in [-0.05, 0) is 6.07 Å². The number of benzene rings is 1. The number of methoxy groups -OCH3 is 1. The molecule has 0 amide bonds. The topological polar surface area (TPSA) is 71.5 Å². The van der Waals surface area contributed by atoms with E-state index in [2.05, 4.69) is 4.98 Å². The predicted octanol–water partition coefficient (Wildman–Crippen LogP) is 1.58. The minimum absolute atomic E-state index is 0.127. The number of rotatable bonds is 2. The molecule has 0 spiro atoms. The molecule has 0 fully saturated rings. The van der Waals surface area contributed by atoms with Crippen LogP contribution in [-0.2, 0) is 9.84 Å². The number of sulfone groups is 1. The third-order valence-corrected chi connectivity index (χ3v) is 2.80. The first-order valence-electron chi connectivity index (χ1n) is 3.72. The summed E-state index contributed by atoms with van der Waals surface area (Å²) in [4.78, 5) is 3.07. The molecule has 0 aliphatic rings. The van der Waals surface area contributed by atoms with Crippen LogP contribution in [0.2, 0.25) is 0 Å². The van der Waals surface area contributed by atoms with Gasteiger partial charge in [0.15, 0.2) is 14.8 Å². The van der Waals surface area contributed by atoms with Crippen LogP contribution in [0.5, 0.6) is 5.75 Å². The van der Waals surface area contributed by atoms with Gasteiger partial charge in [0.2, 0.25) is 11.1 Å². The van der Waals surface area contributed by atoms with Crippen molar-refractivity contribution in [2.45, 2.75) is 4.90 Å². The highest BCUT2D eigenvalue weighted by Gasteiger charge is 2.18. The molecule has 74 valence electrons. The first-order chi connectivity index (χ1) is 6.49. The minimum atomic E-state index is -3.26. The van der Waals surface area contributed by atoms with E-state index in [-0.39, 0.29) is 16.3 Å². The minimum Gasteiger partial charge on any atom is -0.489 e. The molecule has 0 aliphatic heterocycles. The lowest BCUT2D eigenvalue weighted by atomic mass is 10.3. The van der Waals surface area contributed by atoms with E-state index in [9.17, 15) is 8.42 Å². The van der Waals surface area contributed by atoms with Crippen LogP contribution >= 0.6 is 0 Å². The van der Waals surface area contributed by atoms with Gasteiger partial charge in [-0.1, -0.05) is 0 Å².